The van der Waals surface area contributed by atoms with Gasteiger partial charge < -0.3 is 9.47 Å². The summed E-state index contributed by atoms with van der Waals surface area (Å²) in [6, 6.07) is 2.28. The van der Waals surface area contributed by atoms with Gasteiger partial charge in [0.05, 0.1) is 17.2 Å². The van der Waals surface area contributed by atoms with E-state index >= 15 is 0 Å². The lowest BCUT2D eigenvalue weighted by Crippen LogP contribution is -2.07. The van der Waals surface area contributed by atoms with Crippen molar-refractivity contribution in [1.29, 1.82) is 0 Å². The summed E-state index contributed by atoms with van der Waals surface area (Å²) >= 11 is 11.3. The third kappa shape index (κ3) is 3.71. The van der Waals surface area contributed by atoms with Crippen LogP contribution in [0.25, 0.3) is 0 Å². The predicted octanol–water partition coefficient (Wildman–Crippen LogP) is 3.77. The van der Waals surface area contributed by atoms with Crippen LogP contribution in [-0.2, 0) is 4.74 Å². The van der Waals surface area contributed by atoms with Crippen LogP contribution < -0.4 is 4.74 Å². The Bertz CT molecular complexity index is 424. The summed E-state index contributed by atoms with van der Waals surface area (Å²) in [6.07, 6.45) is 0. The molecule has 3 nitrogen and oxygen atoms in total. The number of halogens is 4. The number of hydrogen-bond acceptors (Lipinski definition) is 3. The van der Waals surface area contributed by atoms with Crippen molar-refractivity contribution in [2.75, 3.05) is 6.61 Å². The first-order valence-electron chi connectivity index (χ1n) is 4.56. The average molecular weight is 285 g/mol. The van der Waals surface area contributed by atoms with E-state index in [0.29, 0.717) is 0 Å². The summed E-state index contributed by atoms with van der Waals surface area (Å²) in [7, 11) is 0. The average Bonchev–Trinajstić information content (AvgIpc) is 2.24. The molecule has 1 aromatic rings. The van der Waals surface area contributed by atoms with Crippen LogP contribution in [0.3, 0.4) is 0 Å². The van der Waals surface area contributed by atoms with Gasteiger partial charge in [0.2, 0.25) is 0 Å². The number of ether oxygens (including phenoxy) is 2. The molecular weight excluding hydrogens is 277 g/mol. The number of carbonyl (C=O) groups excluding carboxylic acids is 1. The van der Waals surface area contributed by atoms with Gasteiger partial charge in [-0.2, -0.15) is 8.78 Å². The molecule has 0 fully saturated rings. The first kappa shape index (κ1) is 14.0. The summed E-state index contributed by atoms with van der Waals surface area (Å²) in [6.45, 7) is -1.28. The highest BCUT2D eigenvalue weighted by Crippen LogP contribution is 2.34. The highest BCUT2D eigenvalue weighted by atomic mass is 35.5. The smallest absolute Gasteiger partial charge is 0.387 e. The van der Waals surface area contributed by atoms with E-state index in [1.807, 2.05) is 0 Å². The van der Waals surface area contributed by atoms with Crippen LogP contribution in [-0.4, -0.2) is 19.2 Å². The van der Waals surface area contributed by atoms with Gasteiger partial charge in [0.1, 0.15) is 10.8 Å². The summed E-state index contributed by atoms with van der Waals surface area (Å²) in [5.41, 5.74) is -0.00287. The second kappa shape index (κ2) is 6.02. The fourth-order valence-corrected chi connectivity index (χ4v) is 1.44. The van der Waals surface area contributed by atoms with Crippen LogP contribution >= 0.6 is 23.2 Å². The summed E-state index contributed by atoms with van der Waals surface area (Å²) in [5.74, 6) is -1.05. The minimum Gasteiger partial charge on any atom is -0.462 e. The standard InChI is InChI=1S/C10H8Cl2F2O3/c1-2-16-9(15)5-3-6(11)8(12)7(4-5)17-10(13)14/h3-4,10H,2H2,1H3. The van der Waals surface area contributed by atoms with E-state index in [4.69, 9.17) is 27.9 Å². The Balaban J connectivity index is 3.09. The number of esters is 1. The molecule has 0 aromatic heterocycles. The van der Waals surface area contributed by atoms with Crippen molar-refractivity contribution in [3.63, 3.8) is 0 Å². The zero-order valence-corrected chi connectivity index (χ0v) is 10.2. The Morgan fingerprint density at radius 2 is 2.06 bits per heavy atom. The Morgan fingerprint density at radius 3 is 2.59 bits per heavy atom. The van der Waals surface area contributed by atoms with Gasteiger partial charge in [-0.1, -0.05) is 23.2 Å². The van der Waals surface area contributed by atoms with Crippen molar-refractivity contribution in [3.8, 4) is 5.75 Å². The Labute approximate surface area is 106 Å². The molecule has 0 spiro atoms. The summed E-state index contributed by atoms with van der Waals surface area (Å²) < 4.78 is 33.0. The van der Waals surface area contributed by atoms with Gasteiger partial charge in [-0.3, -0.25) is 0 Å². The molecule has 0 aliphatic heterocycles. The van der Waals surface area contributed by atoms with Crippen molar-refractivity contribution in [2.45, 2.75) is 13.5 Å². The molecule has 0 heterocycles. The zero-order valence-electron chi connectivity index (χ0n) is 8.68. The maximum atomic E-state index is 12.1. The molecular formula is C10H8Cl2F2O3. The number of benzene rings is 1. The van der Waals surface area contributed by atoms with Crippen LogP contribution in [0.2, 0.25) is 10.0 Å². The van der Waals surface area contributed by atoms with Gasteiger partial charge in [-0.15, -0.1) is 0 Å². The number of rotatable bonds is 4. The van der Waals surface area contributed by atoms with Crippen molar-refractivity contribution < 1.29 is 23.0 Å². The van der Waals surface area contributed by atoms with Gasteiger partial charge in [-0.25, -0.2) is 4.79 Å². The predicted molar refractivity (Wildman–Crippen MR) is 59.1 cm³/mol. The zero-order chi connectivity index (χ0) is 13.0. The van der Waals surface area contributed by atoms with Crippen LogP contribution in [0, 0.1) is 0 Å². The lowest BCUT2D eigenvalue weighted by Gasteiger charge is -2.10. The Hall–Kier alpha value is -1.07. The van der Waals surface area contributed by atoms with Gasteiger partial charge in [0, 0.05) is 0 Å². The largest absolute Gasteiger partial charge is 0.462 e. The molecule has 0 amide bonds. The molecule has 7 heteroatoms. The van der Waals surface area contributed by atoms with Gasteiger partial charge in [0.15, 0.2) is 0 Å². The molecule has 0 atom stereocenters. The SMILES string of the molecule is CCOC(=O)c1cc(Cl)c(Cl)c(OC(F)F)c1. The van der Waals surface area contributed by atoms with Crippen molar-refractivity contribution in [3.05, 3.63) is 27.7 Å². The van der Waals surface area contributed by atoms with E-state index in [1.54, 1.807) is 6.92 Å². The van der Waals surface area contributed by atoms with Crippen molar-refractivity contribution in [1.82, 2.24) is 0 Å². The lowest BCUT2D eigenvalue weighted by molar-refractivity contribution is -0.0498. The van der Waals surface area contributed by atoms with E-state index in [1.165, 1.54) is 6.07 Å². The lowest BCUT2D eigenvalue weighted by atomic mass is 10.2. The molecule has 94 valence electrons. The van der Waals surface area contributed by atoms with Crippen LogP contribution in [0.1, 0.15) is 17.3 Å². The van der Waals surface area contributed by atoms with Gasteiger partial charge in [-0.05, 0) is 19.1 Å². The third-order valence-electron chi connectivity index (χ3n) is 1.72. The number of carbonyl (C=O) groups is 1. The molecule has 0 aliphatic carbocycles. The van der Waals surface area contributed by atoms with Crippen LogP contribution in [0.15, 0.2) is 12.1 Å². The monoisotopic (exact) mass is 284 g/mol. The minimum atomic E-state index is -3.05. The highest BCUT2D eigenvalue weighted by Gasteiger charge is 2.17. The van der Waals surface area contributed by atoms with Crippen LogP contribution in [0.5, 0.6) is 5.75 Å². The van der Waals surface area contributed by atoms with E-state index < -0.39 is 12.6 Å². The number of hydrogen-bond donors (Lipinski definition) is 0. The molecule has 0 saturated heterocycles. The second-order valence-electron chi connectivity index (χ2n) is 2.87. The Morgan fingerprint density at radius 1 is 1.41 bits per heavy atom. The normalized spacial score (nSPS) is 10.5. The van der Waals surface area contributed by atoms with E-state index in [-0.39, 0.29) is 28.0 Å². The molecule has 0 unspecified atom stereocenters. The van der Waals surface area contributed by atoms with E-state index in [9.17, 15) is 13.6 Å². The summed E-state index contributed by atoms with van der Waals surface area (Å²) in [5, 5.41) is -0.243. The molecule has 0 radical (unpaired) electrons. The maximum absolute atomic E-state index is 12.1. The quantitative estimate of drug-likeness (QED) is 0.790. The Kier molecular flexibility index (Phi) is 4.96. The first-order chi connectivity index (χ1) is 7.95. The topological polar surface area (TPSA) is 35.5 Å². The highest BCUT2D eigenvalue weighted by molar-refractivity contribution is 6.43. The summed E-state index contributed by atoms with van der Waals surface area (Å²) in [4.78, 5) is 11.4. The number of alkyl halides is 2. The van der Waals surface area contributed by atoms with Crippen molar-refractivity contribution >= 4 is 29.2 Å². The second-order valence-corrected chi connectivity index (χ2v) is 3.65. The van der Waals surface area contributed by atoms with Gasteiger partial charge >= 0.3 is 12.6 Å². The first-order valence-corrected chi connectivity index (χ1v) is 5.32. The van der Waals surface area contributed by atoms with Crippen LogP contribution in [0.4, 0.5) is 8.78 Å². The molecule has 0 saturated carbocycles. The molecule has 1 rings (SSSR count). The van der Waals surface area contributed by atoms with Crippen molar-refractivity contribution in [2.24, 2.45) is 0 Å². The maximum Gasteiger partial charge on any atom is 0.387 e. The fraction of sp³-hybridized carbons (Fsp3) is 0.300. The molecule has 1 aromatic carbocycles. The molecule has 0 aliphatic rings. The van der Waals surface area contributed by atoms with Gasteiger partial charge in [0.25, 0.3) is 0 Å². The van der Waals surface area contributed by atoms with E-state index in [2.05, 4.69) is 4.74 Å². The molecule has 17 heavy (non-hydrogen) atoms. The molecule has 0 bridgehead atoms. The fourth-order valence-electron chi connectivity index (χ4n) is 1.08. The van der Waals surface area contributed by atoms with E-state index in [0.717, 1.165) is 6.07 Å². The third-order valence-corrected chi connectivity index (χ3v) is 2.51. The molecule has 0 N–H and O–H groups in total. The minimum absolute atomic E-state index is 0.00287.